The van der Waals surface area contributed by atoms with Gasteiger partial charge in [-0.15, -0.1) is 11.8 Å². The Morgan fingerprint density at radius 3 is 2.61 bits per heavy atom. The van der Waals surface area contributed by atoms with Gasteiger partial charge >= 0.3 is 0 Å². The van der Waals surface area contributed by atoms with Crippen molar-refractivity contribution >= 4 is 17.7 Å². The van der Waals surface area contributed by atoms with Crippen LogP contribution in [0.1, 0.15) is 32.9 Å². The van der Waals surface area contributed by atoms with Gasteiger partial charge in [0.1, 0.15) is 5.76 Å². The number of carbonyl (C=O) groups excluding carboxylic acids is 1. The molecule has 0 aliphatic rings. The number of carbonyl (C=O) groups is 1. The molecule has 2 heterocycles. The minimum Gasteiger partial charge on any atom is -0.361 e. The van der Waals surface area contributed by atoms with E-state index in [-0.39, 0.29) is 5.91 Å². The lowest BCUT2D eigenvalue weighted by Gasteiger charge is -2.10. The molecule has 0 bridgehead atoms. The van der Waals surface area contributed by atoms with Crippen LogP contribution in [0.3, 0.4) is 0 Å². The summed E-state index contributed by atoms with van der Waals surface area (Å²) in [6, 6.07) is 17.8. The number of nitrogens with one attached hydrogen (secondary N) is 1. The third-order valence-electron chi connectivity index (χ3n) is 5.09. The largest absolute Gasteiger partial charge is 0.361 e. The number of hydrogen-bond acceptors (Lipinski definition) is 5. The van der Waals surface area contributed by atoms with Gasteiger partial charge in [-0.2, -0.15) is 5.10 Å². The predicted octanol–water partition coefficient (Wildman–Crippen LogP) is 4.74. The molecular formula is C24H24N4O2S. The zero-order valence-electron chi connectivity index (χ0n) is 17.5. The van der Waals surface area contributed by atoms with Crippen LogP contribution in [0.15, 0.2) is 76.4 Å². The first-order chi connectivity index (χ1) is 15.1. The summed E-state index contributed by atoms with van der Waals surface area (Å²) in [7, 11) is 0. The fourth-order valence-corrected chi connectivity index (χ4v) is 4.49. The Balaban J connectivity index is 1.33. The van der Waals surface area contributed by atoms with Crippen LogP contribution in [0, 0.1) is 13.8 Å². The monoisotopic (exact) mass is 432 g/mol. The van der Waals surface area contributed by atoms with Crippen molar-refractivity contribution in [2.75, 3.05) is 6.54 Å². The topological polar surface area (TPSA) is 73.0 Å². The molecular weight excluding hydrogens is 408 g/mol. The Hall–Kier alpha value is -3.32. The highest BCUT2D eigenvalue weighted by Gasteiger charge is 2.14. The molecule has 2 aromatic carbocycles. The summed E-state index contributed by atoms with van der Waals surface area (Å²) in [5.41, 5.74) is 4.84. The molecule has 0 atom stereocenters. The standard InChI is InChI=1S/C24H24N4O2S/c1-17-22(18(2)30-27-17)16-31-23-7-4-3-6-21(23)24(29)25-14-12-19-8-10-20(11-9-19)28-15-5-13-26-28/h3-11,13,15H,12,14,16H2,1-2H3,(H,25,29). The Kier molecular flexibility index (Phi) is 6.52. The molecule has 6 nitrogen and oxygen atoms in total. The summed E-state index contributed by atoms with van der Waals surface area (Å²) in [4.78, 5) is 13.7. The summed E-state index contributed by atoms with van der Waals surface area (Å²) >= 11 is 1.62. The molecule has 2 aromatic heterocycles. The first-order valence-corrected chi connectivity index (χ1v) is 11.1. The van der Waals surface area contributed by atoms with Crippen molar-refractivity contribution in [3.8, 4) is 5.69 Å². The lowest BCUT2D eigenvalue weighted by Crippen LogP contribution is -2.26. The minimum atomic E-state index is -0.0602. The average molecular weight is 433 g/mol. The Labute approximate surface area is 185 Å². The molecule has 4 aromatic rings. The van der Waals surface area contributed by atoms with E-state index in [2.05, 4.69) is 27.7 Å². The molecule has 0 saturated heterocycles. The Morgan fingerprint density at radius 1 is 1.10 bits per heavy atom. The van der Waals surface area contributed by atoms with Crippen molar-refractivity contribution < 1.29 is 9.32 Å². The zero-order valence-corrected chi connectivity index (χ0v) is 18.4. The first kappa shape index (κ1) is 20.9. The second kappa shape index (κ2) is 9.66. The number of benzene rings is 2. The maximum Gasteiger partial charge on any atom is 0.252 e. The third kappa shape index (κ3) is 5.06. The average Bonchev–Trinajstić information content (AvgIpc) is 3.43. The van der Waals surface area contributed by atoms with Gasteiger partial charge in [-0.1, -0.05) is 29.4 Å². The summed E-state index contributed by atoms with van der Waals surface area (Å²) < 4.78 is 7.06. The summed E-state index contributed by atoms with van der Waals surface area (Å²) in [5.74, 6) is 1.48. The fraction of sp³-hybridized carbons (Fsp3) is 0.208. The highest BCUT2D eigenvalue weighted by molar-refractivity contribution is 7.98. The smallest absolute Gasteiger partial charge is 0.252 e. The van der Waals surface area contributed by atoms with Crippen LogP contribution in [0.5, 0.6) is 0 Å². The molecule has 0 aliphatic heterocycles. The second-order valence-corrected chi connectivity index (χ2v) is 8.23. The molecule has 0 spiro atoms. The van der Waals surface area contributed by atoms with Crippen molar-refractivity contribution in [3.63, 3.8) is 0 Å². The van der Waals surface area contributed by atoms with Gasteiger partial charge in [0, 0.05) is 35.2 Å². The van der Waals surface area contributed by atoms with Crippen LogP contribution in [-0.2, 0) is 12.2 Å². The third-order valence-corrected chi connectivity index (χ3v) is 6.19. The summed E-state index contributed by atoms with van der Waals surface area (Å²) in [6.07, 6.45) is 4.43. The van der Waals surface area contributed by atoms with Gasteiger partial charge in [0.2, 0.25) is 0 Å². The lowest BCUT2D eigenvalue weighted by atomic mass is 10.1. The summed E-state index contributed by atoms with van der Waals surface area (Å²) in [6.45, 7) is 4.42. The van der Waals surface area contributed by atoms with Gasteiger partial charge in [-0.25, -0.2) is 4.68 Å². The minimum absolute atomic E-state index is 0.0602. The van der Waals surface area contributed by atoms with Crippen molar-refractivity contribution in [2.45, 2.75) is 30.9 Å². The Bertz CT molecular complexity index is 1130. The molecule has 1 amide bonds. The summed E-state index contributed by atoms with van der Waals surface area (Å²) in [5, 5.41) is 11.3. The van der Waals surface area contributed by atoms with Crippen molar-refractivity contribution in [3.05, 3.63) is 95.1 Å². The van der Waals surface area contributed by atoms with E-state index in [1.165, 1.54) is 0 Å². The molecule has 31 heavy (non-hydrogen) atoms. The number of aryl methyl sites for hydroxylation is 2. The van der Waals surface area contributed by atoms with Crippen LogP contribution >= 0.6 is 11.8 Å². The van der Waals surface area contributed by atoms with Crippen LogP contribution in [0.2, 0.25) is 0 Å². The molecule has 0 unspecified atom stereocenters. The Morgan fingerprint density at radius 2 is 1.90 bits per heavy atom. The maximum absolute atomic E-state index is 12.8. The molecule has 0 aliphatic carbocycles. The molecule has 1 N–H and O–H groups in total. The molecule has 4 rings (SSSR count). The number of thioether (sulfide) groups is 1. The van der Waals surface area contributed by atoms with E-state index in [1.807, 2.05) is 67.2 Å². The van der Waals surface area contributed by atoms with Gasteiger partial charge in [0.05, 0.1) is 16.9 Å². The van der Waals surface area contributed by atoms with Crippen molar-refractivity contribution in [1.82, 2.24) is 20.3 Å². The van der Waals surface area contributed by atoms with Crippen LogP contribution < -0.4 is 5.32 Å². The van der Waals surface area contributed by atoms with Gasteiger partial charge in [-0.05, 0) is 56.2 Å². The van der Waals surface area contributed by atoms with Crippen LogP contribution in [0.4, 0.5) is 0 Å². The van der Waals surface area contributed by atoms with E-state index < -0.39 is 0 Å². The van der Waals surface area contributed by atoms with Gasteiger partial charge in [0.25, 0.3) is 5.91 Å². The number of amides is 1. The van der Waals surface area contributed by atoms with Gasteiger partial charge in [-0.3, -0.25) is 4.79 Å². The highest BCUT2D eigenvalue weighted by Crippen LogP contribution is 2.28. The number of rotatable bonds is 8. The van der Waals surface area contributed by atoms with Gasteiger partial charge in [0.15, 0.2) is 0 Å². The van der Waals surface area contributed by atoms with Gasteiger partial charge < -0.3 is 9.84 Å². The van der Waals surface area contributed by atoms with E-state index in [4.69, 9.17) is 4.52 Å². The maximum atomic E-state index is 12.8. The molecule has 0 radical (unpaired) electrons. The molecule has 7 heteroatoms. The SMILES string of the molecule is Cc1noc(C)c1CSc1ccccc1C(=O)NCCc1ccc(-n2cccn2)cc1. The van der Waals surface area contributed by atoms with E-state index in [0.717, 1.165) is 39.6 Å². The van der Waals surface area contributed by atoms with Crippen LogP contribution in [0.25, 0.3) is 5.69 Å². The quantitative estimate of drug-likeness (QED) is 0.407. The molecule has 158 valence electrons. The zero-order chi connectivity index (χ0) is 21.6. The van der Waals surface area contributed by atoms with Crippen LogP contribution in [-0.4, -0.2) is 27.4 Å². The predicted molar refractivity (Wildman–Crippen MR) is 122 cm³/mol. The fourth-order valence-electron chi connectivity index (χ4n) is 3.29. The number of aromatic nitrogens is 3. The number of nitrogens with zero attached hydrogens (tertiary/aromatic N) is 3. The second-order valence-electron chi connectivity index (χ2n) is 7.21. The molecule has 0 saturated carbocycles. The normalized spacial score (nSPS) is 10.9. The van der Waals surface area contributed by atoms with E-state index in [1.54, 1.807) is 18.0 Å². The van der Waals surface area contributed by atoms with E-state index in [0.29, 0.717) is 17.9 Å². The molecule has 0 fully saturated rings. The van der Waals surface area contributed by atoms with E-state index >= 15 is 0 Å². The number of hydrogen-bond donors (Lipinski definition) is 1. The lowest BCUT2D eigenvalue weighted by molar-refractivity contribution is 0.0951. The van der Waals surface area contributed by atoms with Crippen molar-refractivity contribution in [2.24, 2.45) is 0 Å². The first-order valence-electron chi connectivity index (χ1n) is 10.1. The van der Waals surface area contributed by atoms with Crippen molar-refractivity contribution in [1.29, 1.82) is 0 Å². The van der Waals surface area contributed by atoms with E-state index in [9.17, 15) is 4.79 Å². The highest BCUT2D eigenvalue weighted by atomic mass is 32.2.